The predicted octanol–water partition coefficient (Wildman–Crippen LogP) is 15.8. The zero-order valence-corrected chi connectivity index (χ0v) is 34.6. The van der Waals surface area contributed by atoms with Crippen LogP contribution in [0.25, 0.3) is 111 Å². The lowest BCUT2D eigenvalue weighted by atomic mass is 9.93. The molecule has 3 nitrogen and oxygen atoms in total. The van der Waals surface area contributed by atoms with Crippen molar-refractivity contribution in [2.45, 2.75) is 12.8 Å². The molecule has 0 bridgehead atoms. The average molecular weight is 804 g/mol. The van der Waals surface area contributed by atoms with Gasteiger partial charge in [-0.3, -0.25) is 0 Å². The van der Waals surface area contributed by atoms with Gasteiger partial charge >= 0.3 is 0 Å². The van der Waals surface area contributed by atoms with Gasteiger partial charge in [-0.1, -0.05) is 140 Å². The van der Waals surface area contributed by atoms with Gasteiger partial charge in [0, 0.05) is 55.3 Å². The number of benzene rings is 9. The Labute approximate surface area is 365 Å². The highest BCUT2D eigenvalue weighted by Crippen LogP contribution is 2.39. The number of nitrogens with zero attached hydrogens (tertiary/aromatic N) is 3. The van der Waals surface area contributed by atoms with Crippen LogP contribution in [0.15, 0.2) is 218 Å². The first kappa shape index (κ1) is 35.6. The van der Waals surface area contributed by atoms with Crippen LogP contribution in [-0.2, 0) is 6.42 Å². The summed E-state index contributed by atoms with van der Waals surface area (Å²) in [6, 6.07) is 78.2. The van der Waals surface area contributed by atoms with Gasteiger partial charge < -0.3 is 13.7 Å². The Hall–Kier alpha value is -8.14. The van der Waals surface area contributed by atoms with Crippen LogP contribution in [-0.4, -0.2) is 13.7 Å². The summed E-state index contributed by atoms with van der Waals surface area (Å²) in [5.41, 5.74) is 19.5. The lowest BCUT2D eigenvalue weighted by Gasteiger charge is -2.15. The molecule has 63 heavy (non-hydrogen) atoms. The molecule has 3 heteroatoms. The molecule has 296 valence electrons. The molecule has 0 N–H and O–H groups in total. The van der Waals surface area contributed by atoms with E-state index in [4.69, 9.17) is 0 Å². The Morgan fingerprint density at radius 2 is 0.603 bits per heavy atom. The fourth-order valence-corrected chi connectivity index (χ4v) is 10.4. The molecule has 0 fully saturated rings. The molecule has 13 rings (SSSR count). The van der Waals surface area contributed by atoms with E-state index in [0.717, 1.165) is 24.2 Å². The van der Waals surface area contributed by atoms with Gasteiger partial charge in [-0.25, -0.2) is 0 Å². The van der Waals surface area contributed by atoms with Crippen molar-refractivity contribution < 1.29 is 0 Å². The Bertz CT molecular complexity index is 3480. The van der Waals surface area contributed by atoms with E-state index in [1.807, 2.05) is 0 Å². The van der Waals surface area contributed by atoms with Crippen molar-refractivity contribution in [2.24, 2.45) is 0 Å². The highest BCUT2D eigenvalue weighted by atomic mass is 15.0. The fraction of sp³-hybridized carbons (Fsp3) is 0.0333. The lowest BCUT2D eigenvalue weighted by molar-refractivity contribution is 0.888. The van der Waals surface area contributed by atoms with Gasteiger partial charge in [-0.05, 0) is 131 Å². The number of aromatic nitrogens is 3. The van der Waals surface area contributed by atoms with E-state index in [9.17, 15) is 0 Å². The monoisotopic (exact) mass is 803 g/mol. The van der Waals surface area contributed by atoms with Gasteiger partial charge in [-0.2, -0.15) is 0 Å². The van der Waals surface area contributed by atoms with Crippen molar-refractivity contribution in [1.82, 2.24) is 13.7 Å². The first-order chi connectivity index (χ1) is 31.2. The Morgan fingerprint density at radius 1 is 0.286 bits per heavy atom. The van der Waals surface area contributed by atoms with Crippen molar-refractivity contribution in [1.29, 1.82) is 0 Å². The normalized spacial score (nSPS) is 12.6. The van der Waals surface area contributed by atoms with E-state index < -0.39 is 0 Å². The highest BCUT2D eigenvalue weighted by molar-refractivity contribution is 6.10. The van der Waals surface area contributed by atoms with Gasteiger partial charge in [0.25, 0.3) is 0 Å². The van der Waals surface area contributed by atoms with Crippen molar-refractivity contribution in [2.75, 3.05) is 0 Å². The fourth-order valence-electron chi connectivity index (χ4n) is 10.4. The van der Waals surface area contributed by atoms with Crippen LogP contribution >= 0.6 is 0 Å². The van der Waals surface area contributed by atoms with E-state index >= 15 is 0 Å². The van der Waals surface area contributed by atoms with Gasteiger partial charge in [0.2, 0.25) is 0 Å². The second kappa shape index (κ2) is 14.2. The van der Waals surface area contributed by atoms with Crippen molar-refractivity contribution in [3.05, 3.63) is 230 Å². The molecule has 12 aromatic rings. The second-order valence-electron chi connectivity index (χ2n) is 16.8. The smallest absolute Gasteiger partial charge is 0.0541 e. The van der Waals surface area contributed by atoms with Crippen LogP contribution in [0.4, 0.5) is 0 Å². The molecule has 0 amide bonds. The molecule has 0 radical (unpaired) electrons. The third kappa shape index (κ3) is 5.67. The molecule has 0 atom stereocenters. The van der Waals surface area contributed by atoms with Crippen molar-refractivity contribution in [3.63, 3.8) is 0 Å². The Morgan fingerprint density at radius 3 is 0.984 bits per heavy atom. The number of hydrogen-bond donors (Lipinski definition) is 0. The third-order valence-corrected chi connectivity index (χ3v) is 13.3. The number of hydrogen-bond acceptors (Lipinski definition) is 0. The minimum atomic E-state index is 1.04. The Balaban J connectivity index is 0.929. The van der Waals surface area contributed by atoms with Crippen molar-refractivity contribution in [3.8, 4) is 50.4 Å². The maximum atomic E-state index is 2.47. The van der Waals surface area contributed by atoms with E-state index in [2.05, 4.69) is 238 Å². The molecule has 0 saturated heterocycles. The largest absolute Gasteiger partial charge is 0.313 e. The van der Waals surface area contributed by atoms with Crippen LogP contribution in [0, 0.1) is 0 Å². The molecule has 0 aliphatic heterocycles. The predicted molar refractivity (Wildman–Crippen MR) is 266 cm³/mol. The van der Waals surface area contributed by atoms with Crippen LogP contribution in [0.1, 0.15) is 17.7 Å². The maximum absolute atomic E-state index is 2.47. The van der Waals surface area contributed by atoms with E-state index in [1.165, 1.54) is 105 Å². The van der Waals surface area contributed by atoms with Crippen LogP contribution in [0.3, 0.4) is 0 Å². The summed E-state index contributed by atoms with van der Waals surface area (Å²) in [7, 11) is 0. The van der Waals surface area contributed by atoms with Crippen LogP contribution < -0.4 is 0 Å². The SMILES string of the molecule is C1=Cc2c(n(-c3ccc(-c4cc(-c5ccc(-n6c7ccccc7c7ccccc76)cc5)cc(-c5ccc(-n6c7ccccc7c7ccccc76)cc5)c4)cc3)c3ccccc23)CC1. The topological polar surface area (TPSA) is 14.8 Å². The molecule has 9 aromatic carbocycles. The third-order valence-electron chi connectivity index (χ3n) is 13.3. The van der Waals surface area contributed by atoms with Crippen LogP contribution in [0.2, 0.25) is 0 Å². The molecule has 3 heterocycles. The van der Waals surface area contributed by atoms with Gasteiger partial charge in [0.15, 0.2) is 0 Å². The van der Waals surface area contributed by atoms with Gasteiger partial charge in [0.05, 0.1) is 27.6 Å². The summed E-state index contributed by atoms with van der Waals surface area (Å²) in [4.78, 5) is 0. The minimum Gasteiger partial charge on any atom is -0.313 e. The summed E-state index contributed by atoms with van der Waals surface area (Å²) in [5.74, 6) is 0. The molecule has 0 saturated carbocycles. The first-order valence-electron chi connectivity index (χ1n) is 22.0. The number of rotatable bonds is 6. The van der Waals surface area contributed by atoms with Crippen molar-refractivity contribution >= 4 is 60.6 Å². The highest BCUT2D eigenvalue weighted by Gasteiger charge is 2.19. The molecule has 1 aliphatic carbocycles. The van der Waals surface area contributed by atoms with E-state index in [1.54, 1.807) is 0 Å². The van der Waals surface area contributed by atoms with Crippen LogP contribution in [0.5, 0.6) is 0 Å². The molecular formula is C60H41N3. The zero-order chi connectivity index (χ0) is 41.4. The second-order valence-corrected chi connectivity index (χ2v) is 16.8. The average Bonchev–Trinajstić information content (AvgIpc) is 4.00. The lowest BCUT2D eigenvalue weighted by Crippen LogP contribution is -2.02. The number of para-hydroxylation sites is 5. The summed E-state index contributed by atoms with van der Waals surface area (Å²) in [5, 5.41) is 6.40. The summed E-state index contributed by atoms with van der Waals surface area (Å²) < 4.78 is 7.24. The summed E-state index contributed by atoms with van der Waals surface area (Å²) in [6.45, 7) is 0. The number of fused-ring (bicyclic) bond motifs is 9. The molecule has 3 aromatic heterocycles. The summed E-state index contributed by atoms with van der Waals surface area (Å²) in [6.07, 6.45) is 6.72. The zero-order valence-electron chi connectivity index (χ0n) is 34.6. The minimum absolute atomic E-state index is 1.04. The molecule has 0 spiro atoms. The first-order valence-corrected chi connectivity index (χ1v) is 22.0. The standard InChI is InChI=1S/C60H41N3/c1-7-19-55-49(13-1)50-14-2-8-20-56(50)61(55)46-31-25-40(26-32-46)43-37-44(41-27-33-47(34-28-41)62-57-21-9-3-15-51(57)52-16-4-10-22-58(52)62)39-45(38-43)42-29-35-48(36-30-42)63-59-23-11-5-17-53(59)54-18-6-12-24-60(54)63/h1-11,13-23,25-39H,12,24H2. The van der Waals surface area contributed by atoms with Gasteiger partial charge in [0.1, 0.15) is 0 Å². The summed E-state index contributed by atoms with van der Waals surface area (Å²) >= 11 is 0. The molecular weight excluding hydrogens is 763 g/mol. The van der Waals surface area contributed by atoms with Gasteiger partial charge in [-0.15, -0.1) is 0 Å². The Kier molecular flexibility index (Phi) is 8.04. The maximum Gasteiger partial charge on any atom is 0.0541 e. The van der Waals surface area contributed by atoms with E-state index in [0.29, 0.717) is 0 Å². The number of allylic oxidation sites excluding steroid dienone is 1. The molecule has 1 aliphatic rings. The van der Waals surface area contributed by atoms with E-state index in [-0.39, 0.29) is 0 Å². The quantitative estimate of drug-likeness (QED) is 0.159. The molecule has 0 unspecified atom stereocenters.